The number of hydrogen-bond donors (Lipinski definition) is 2. The molecule has 0 spiro atoms. The van der Waals surface area contributed by atoms with Crippen LogP contribution in [0, 0.1) is 18.7 Å². The summed E-state index contributed by atoms with van der Waals surface area (Å²) in [7, 11) is 1.59. The van der Waals surface area contributed by atoms with E-state index in [1.54, 1.807) is 25.2 Å². The van der Waals surface area contributed by atoms with Crippen molar-refractivity contribution in [1.29, 1.82) is 0 Å². The summed E-state index contributed by atoms with van der Waals surface area (Å²) in [6, 6.07) is 11.6. The summed E-state index contributed by atoms with van der Waals surface area (Å²) in [5.41, 5.74) is 2.90. The molecular formula is C26H31FN2O4. The Morgan fingerprint density at radius 3 is 2.39 bits per heavy atom. The Hall–Kier alpha value is -3.35. The van der Waals surface area contributed by atoms with Gasteiger partial charge in [-0.15, -0.1) is 0 Å². The standard InChI is InChI=1S/C26H31FN2O4/c1-5-17(6-2)24(25-16(3)21-15-19(27)9-12-22(21)33-25)28-20-10-7-18(8-11-20)26(32)29(4)14-13-23(30)31/h7-12,15,17,24,28H,5-6,13-14H2,1-4H3,(H,30,31). The second kappa shape index (κ2) is 10.5. The number of nitrogens with one attached hydrogen (secondary N) is 1. The molecule has 0 saturated heterocycles. The molecule has 6 nitrogen and oxygen atoms in total. The molecule has 0 aliphatic carbocycles. The van der Waals surface area contributed by atoms with E-state index < -0.39 is 5.97 Å². The maximum Gasteiger partial charge on any atom is 0.305 e. The Balaban J connectivity index is 1.85. The first-order chi connectivity index (χ1) is 15.7. The highest BCUT2D eigenvalue weighted by Gasteiger charge is 2.27. The lowest BCUT2D eigenvalue weighted by Gasteiger charge is -2.26. The third-order valence-electron chi connectivity index (χ3n) is 6.20. The van der Waals surface area contributed by atoms with Crippen LogP contribution in [0.5, 0.6) is 0 Å². The van der Waals surface area contributed by atoms with Crippen molar-refractivity contribution in [2.75, 3.05) is 18.9 Å². The lowest BCUT2D eigenvalue weighted by atomic mass is 9.90. The number of nitrogens with zero attached hydrogens (tertiary/aromatic N) is 1. The minimum atomic E-state index is -0.940. The molecule has 1 heterocycles. The number of carboxylic acids is 1. The topological polar surface area (TPSA) is 82.8 Å². The highest BCUT2D eigenvalue weighted by molar-refractivity contribution is 5.94. The number of furan rings is 1. The number of carboxylic acid groups (broad SMARTS) is 1. The van der Waals surface area contributed by atoms with Crippen LogP contribution in [0.15, 0.2) is 46.9 Å². The first-order valence-corrected chi connectivity index (χ1v) is 11.3. The van der Waals surface area contributed by atoms with E-state index in [9.17, 15) is 14.0 Å². The van der Waals surface area contributed by atoms with E-state index in [0.717, 1.165) is 35.2 Å². The molecule has 3 rings (SSSR count). The smallest absolute Gasteiger partial charge is 0.305 e. The van der Waals surface area contributed by atoms with Crippen molar-refractivity contribution in [2.24, 2.45) is 5.92 Å². The Bertz CT molecular complexity index is 1120. The zero-order valence-electron chi connectivity index (χ0n) is 19.5. The van der Waals surface area contributed by atoms with Gasteiger partial charge in [0, 0.05) is 35.8 Å². The summed E-state index contributed by atoms with van der Waals surface area (Å²) in [6.45, 7) is 6.37. The lowest BCUT2D eigenvalue weighted by molar-refractivity contribution is -0.137. The van der Waals surface area contributed by atoms with Gasteiger partial charge in [-0.1, -0.05) is 26.7 Å². The van der Waals surface area contributed by atoms with Crippen LogP contribution in [0.4, 0.5) is 10.1 Å². The lowest BCUT2D eigenvalue weighted by Crippen LogP contribution is -2.29. The SMILES string of the molecule is CCC(CC)C(Nc1ccc(C(=O)N(C)CCC(=O)O)cc1)c1oc2ccc(F)cc2c1C. The highest BCUT2D eigenvalue weighted by Crippen LogP contribution is 2.37. The largest absolute Gasteiger partial charge is 0.481 e. The summed E-state index contributed by atoms with van der Waals surface area (Å²) < 4.78 is 20.0. The van der Waals surface area contributed by atoms with Crippen LogP contribution in [0.3, 0.4) is 0 Å². The van der Waals surface area contributed by atoms with E-state index in [4.69, 9.17) is 9.52 Å². The van der Waals surface area contributed by atoms with Crippen LogP contribution >= 0.6 is 0 Å². The summed E-state index contributed by atoms with van der Waals surface area (Å²) in [4.78, 5) is 24.7. The molecule has 1 amide bonds. The predicted octanol–water partition coefficient (Wildman–Crippen LogP) is 6.02. The van der Waals surface area contributed by atoms with Crippen LogP contribution in [-0.2, 0) is 4.79 Å². The molecule has 176 valence electrons. The van der Waals surface area contributed by atoms with Gasteiger partial charge in [0.25, 0.3) is 5.91 Å². The monoisotopic (exact) mass is 454 g/mol. The maximum atomic E-state index is 13.8. The van der Waals surface area contributed by atoms with Crippen molar-refractivity contribution < 1.29 is 23.5 Å². The number of hydrogen-bond acceptors (Lipinski definition) is 4. The third kappa shape index (κ3) is 5.53. The number of amides is 1. The van der Waals surface area contributed by atoms with Gasteiger partial charge in [-0.2, -0.15) is 0 Å². The number of aryl methyl sites for hydroxylation is 1. The van der Waals surface area contributed by atoms with Crippen LogP contribution in [0.1, 0.15) is 60.8 Å². The number of fused-ring (bicyclic) bond motifs is 1. The van der Waals surface area contributed by atoms with Gasteiger partial charge in [0.1, 0.15) is 17.2 Å². The van der Waals surface area contributed by atoms with E-state index in [2.05, 4.69) is 19.2 Å². The number of aliphatic carboxylic acids is 1. The van der Waals surface area contributed by atoms with E-state index in [0.29, 0.717) is 11.1 Å². The van der Waals surface area contributed by atoms with Crippen molar-refractivity contribution >= 4 is 28.5 Å². The second-order valence-corrected chi connectivity index (χ2v) is 8.38. The van der Waals surface area contributed by atoms with Crippen molar-refractivity contribution in [1.82, 2.24) is 4.90 Å². The Morgan fingerprint density at radius 1 is 1.12 bits per heavy atom. The molecule has 1 unspecified atom stereocenters. The van der Waals surface area contributed by atoms with Gasteiger partial charge in [-0.25, -0.2) is 4.39 Å². The van der Waals surface area contributed by atoms with Gasteiger partial charge in [-0.05, 0) is 55.3 Å². The van der Waals surface area contributed by atoms with Gasteiger partial charge < -0.3 is 19.7 Å². The van der Waals surface area contributed by atoms with E-state index in [1.165, 1.54) is 17.0 Å². The zero-order chi connectivity index (χ0) is 24.1. The summed E-state index contributed by atoms with van der Waals surface area (Å²) in [5.74, 6) is -0.381. The first-order valence-electron chi connectivity index (χ1n) is 11.3. The molecule has 1 atom stereocenters. The summed E-state index contributed by atoms with van der Waals surface area (Å²) in [6.07, 6.45) is 1.77. The fraction of sp³-hybridized carbons (Fsp3) is 0.385. The van der Waals surface area contributed by atoms with E-state index in [-0.39, 0.29) is 36.6 Å². The normalized spacial score (nSPS) is 12.2. The number of anilines is 1. The van der Waals surface area contributed by atoms with Crippen LogP contribution < -0.4 is 5.32 Å². The van der Waals surface area contributed by atoms with E-state index >= 15 is 0 Å². The number of rotatable bonds is 10. The van der Waals surface area contributed by atoms with Crippen molar-refractivity contribution in [3.05, 3.63) is 65.2 Å². The molecule has 2 N–H and O–H groups in total. The minimum absolute atomic E-state index is 0.0975. The van der Waals surface area contributed by atoms with Gasteiger partial charge in [0.05, 0.1) is 12.5 Å². The van der Waals surface area contributed by atoms with E-state index in [1.807, 2.05) is 19.1 Å². The molecule has 0 radical (unpaired) electrons. The zero-order valence-corrected chi connectivity index (χ0v) is 19.5. The molecule has 0 bridgehead atoms. The van der Waals surface area contributed by atoms with Crippen molar-refractivity contribution in [3.63, 3.8) is 0 Å². The molecule has 0 fully saturated rings. The van der Waals surface area contributed by atoms with Crippen molar-refractivity contribution in [3.8, 4) is 0 Å². The number of halogens is 1. The fourth-order valence-electron chi connectivity index (χ4n) is 4.14. The molecule has 1 aromatic heterocycles. The quantitative estimate of drug-likeness (QED) is 0.392. The molecule has 3 aromatic rings. The molecule has 0 aliphatic heterocycles. The molecule has 33 heavy (non-hydrogen) atoms. The summed E-state index contributed by atoms with van der Waals surface area (Å²) in [5, 5.41) is 13.2. The number of benzene rings is 2. The average Bonchev–Trinajstić information content (AvgIpc) is 3.13. The van der Waals surface area contributed by atoms with Gasteiger partial charge in [0.2, 0.25) is 0 Å². The van der Waals surface area contributed by atoms with Crippen LogP contribution in [0.25, 0.3) is 11.0 Å². The Labute approximate surface area is 193 Å². The molecule has 2 aromatic carbocycles. The number of carbonyl (C=O) groups excluding carboxylic acids is 1. The second-order valence-electron chi connectivity index (χ2n) is 8.38. The van der Waals surface area contributed by atoms with Crippen LogP contribution in [-0.4, -0.2) is 35.5 Å². The molecule has 7 heteroatoms. The van der Waals surface area contributed by atoms with Crippen LogP contribution in [0.2, 0.25) is 0 Å². The van der Waals surface area contributed by atoms with Gasteiger partial charge >= 0.3 is 5.97 Å². The molecule has 0 aliphatic rings. The van der Waals surface area contributed by atoms with Gasteiger partial charge in [-0.3, -0.25) is 9.59 Å². The molecule has 0 saturated carbocycles. The first kappa shape index (κ1) is 24.3. The number of carbonyl (C=O) groups is 2. The summed E-state index contributed by atoms with van der Waals surface area (Å²) >= 11 is 0. The molecular weight excluding hydrogens is 423 g/mol. The average molecular weight is 455 g/mol. The highest BCUT2D eigenvalue weighted by atomic mass is 19.1. The van der Waals surface area contributed by atoms with Gasteiger partial charge in [0.15, 0.2) is 0 Å². The van der Waals surface area contributed by atoms with Crippen molar-refractivity contribution in [2.45, 2.75) is 46.1 Å². The Morgan fingerprint density at radius 2 is 1.79 bits per heavy atom. The fourth-order valence-corrected chi connectivity index (χ4v) is 4.14. The maximum absolute atomic E-state index is 13.8. The minimum Gasteiger partial charge on any atom is -0.481 e. The predicted molar refractivity (Wildman–Crippen MR) is 127 cm³/mol. The Kier molecular flexibility index (Phi) is 7.74. The third-order valence-corrected chi connectivity index (χ3v) is 6.20.